The molecule has 1 saturated heterocycles. The van der Waals surface area contributed by atoms with E-state index in [1.807, 2.05) is 0 Å². The van der Waals surface area contributed by atoms with Crippen molar-refractivity contribution in [3.05, 3.63) is 12.5 Å². The smallest absolute Gasteiger partial charge is 0.262 e. The molecule has 0 bridgehead atoms. The summed E-state index contributed by atoms with van der Waals surface area (Å²) in [7, 11) is -1.91. The van der Waals surface area contributed by atoms with E-state index >= 15 is 0 Å². The van der Waals surface area contributed by atoms with Gasteiger partial charge in [-0.25, -0.2) is 13.4 Å². The predicted molar refractivity (Wildman–Crippen MR) is 63.4 cm³/mol. The molecule has 0 saturated carbocycles. The highest BCUT2D eigenvalue weighted by Crippen LogP contribution is 2.21. The Morgan fingerprint density at radius 1 is 1.61 bits per heavy atom. The quantitative estimate of drug-likeness (QED) is 0.780. The van der Waals surface area contributed by atoms with Gasteiger partial charge in [-0.05, 0) is 6.92 Å². The van der Waals surface area contributed by atoms with Gasteiger partial charge in [0.05, 0.1) is 25.6 Å². The molecule has 1 aromatic rings. The minimum absolute atomic E-state index is 0.0236. The molecule has 2 atom stereocenters. The van der Waals surface area contributed by atoms with Crippen molar-refractivity contribution < 1.29 is 18.3 Å². The van der Waals surface area contributed by atoms with Crippen LogP contribution in [0.4, 0.5) is 0 Å². The van der Waals surface area contributed by atoms with E-state index in [0.29, 0.717) is 0 Å². The van der Waals surface area contributed by atoms with E-state index in [2.05, 4.69) is 4.98 Å². The number of morpholine rings is 1. The number of ether oxygens (including phenoxy) is 1. The lowest BCUT2D eigenvalue weighted by Crippen LogP contribution is -2.51. The summed E-state index contributed by atoms with van der Waals surface area (Å²) in [5.74, 6) is 0. The molecule has 0 aromatic carbocycles. The number of aliphatic hydroxyl groups excluding tert-OH is 1. The lowest BCUT2D eigenvalue weighted by Gasteiger charge is -2.35. The zero-order valence-electron chi connectivity index (χ0n) is 10.4. The fourth-order valence-corrected chi connectivity index (χ4v) is 3.50. The van der Waals surface area contributed by atoms with Crippen LogP contribution in [-0.4, -0.2) is 59.3 Å². The molecule has 1 aliphatic rings. The van der Waals surface area contributed by atoms with Gasteiger partial charge in [0.2, 0.25) is 0 Å². The minimum atomic E-state index is -3.62. The van der Waals surface area contributed by atoms with Gasteiger partial charge in [-0.2, -0.15) is 4.31 Å². The monoisotopic (exact) mass is 275 g/mol. The van der Waals surface area contributed by atoms with Crippen LogP contribution in [0.5, 0.6) is 0 Å². The maximum atomic E-state index is 12.4. The average molecular weight is 275 g/mol. The molecule has 0 spiro atoms. The van der Waals surface area contributed by atoms with Gasteiger partial charge in [0.25, 0.3) is 10.0 Å². The first kappa shape index (κ1) is 13.5. The molecule has 0 radical (unpaired) electrons. The van der Waals surface area contributed by atoms with Gasteiger partial charge in [-0.15, -0.1) is 0 Å². The summed E-state index contributed by atoms with van der Waals surface area (Å²) in [6.07, 6.45) is 2.44. The summed E-state index contributed by atoms with van der Waals surface area (Å²) < 4.78 is 33.0. The van der Waals surface area contributed by atoms with Crippen LogP contribution in [0.2, 0.25) is 0 Å². The summed E-state index contributed by atoms with van der Waals surface area (Å²) >= 11 is 0. The van der Waals surface area contributed by atoms with E-state index in [4.69, 9.17) is 9.84 Å². The fourth-order valence-electron chi connectivity index (χ4n) is 1.88. The Balaban J connectivity index is 2.28. The van der Waals surface area contributed by atoms with Crippen LogP contribution < -0.4 is 0 Å². The largest absolute Gasteiger partial charge is 0.394 e. The van der Waals surface area contributed by atoms with Gasteiger partial charge in [0.1, 0.15) is 0 Å². The van der Waals surface area contributed by atoms with Crippen LogP contribution in [0, 0.1) is 0 Å². The van der Waals surface area contributed by atoms with Gasteiger partial charge >= 0.3 is 0 Å². The SMILES string of the molecule is CC1COC(CO)CN1S(=O)(=O)c1cn(C)cn1. The molecule has 2 rings (SSSR count). The average Bonchev–Trinajstić information content (AvgIpc) is 2.77. The van der Waals surface area contributed by atoms with E-state index in [1.165, 1.54) is 16.8 Å². The molecule has 0 amide bonds. The summed E-state index contributed by atoms with van der Waals surface area (Å²) in [5.41, 5.74) is 0. The lowest BCUT2D eigenvalue weighted by molar-refractivity contribution is -0.0516. The molecule has 8 heteroatoms. The number of aliphatic hydroxyl groups is 1. The molecule has 102 valence electrons. The van der Waals surface area contributed by atoms with Gasteiger partial charge in [0, 0.05) is 25.8 Å². The van der Waals surface area contributed by atoms with Gasteiger partial charge in [-0.3, -0.25) is 0 Å². The number of hydrogen-bond acceptors (Lipinski definition) is 5. The number of imidazole rings is 1. The van der Waals surface area contributed by atoms with E-state index in [-0.39, 0.29) is 30.8 Å². The maximum Gasteiger partial charge on any atom is 0.262 e. The van der Waals surface area contributed by atoms with Crippen molar-refractivity contribution in [2.75, 3.05) is 19.8 Å². The first-order valence-electron chi connectivity index (χ1n) is 5.67. The van der Waals surface area contributed by atoms with Crippen LogP contribution in [0.3, 0.4) is 0 Å². The molecular weight excluding hydrogens is 258 g/mol. The normalized spacial score (nSPS) is 26.4. The standard InChI is InChI=1S/C10H17N3O4S/c1-8-6-17-9(5-14)3-13(8)18(15,16)10-4-12(2)7-11-10/h4,7-9,14H,3,5-6H2,1-2H3. The topological polar surface area (TPSA) is 84.7 Å². The second-order valence-corrected chi connectivity index (χ2v) is 6.28. The van der Waals surface area contributed by atoms with Crippen molar-refractivity contribution in [1.82, 2.24) is 13.9 Å². The third kappa shape index (κ3) is 2.41. The Morgan fingerprint density at radius 3 is 2.89 bits per heavy atom. The number of nitrogens with zero attached hydrogens (tertiary/aromatic N) is 3. The Labute approximate surface area is 106 Å². The molecule has 0 aliphatic carbocycles. The van der Waals surface area contributed by atoms with Crippen molar-refractivity contribution in [3.8, 4) is 0 Å². The van der Waals surface area contributed by atoms with E-state index in [0.717, 1.165) is 0 Å². The lowest BCUT2D eigenvalue weighted by atomic mass is 10.2. The molecule has 2 heterocycles. The molecule has 1 aromatic heterocycles. The fraction of sp³-hybridized carbons (Fsp3) is 0.700. The van der Waals surface area contributed by atoms with Crippen molar-refractivity contribution in [3.63, 3.8) is 0 Å². The Kier molecular flexibility index (Phi) is 3.71. The second-order valence-electron chi connectivity index (χ2n) is 4.44. The van der Waals surface area contributed by atoms with Crippen LogP contribution in [0.25, 0.3) is 0 Å². The zero-order valence-corrected chi connectivity index (χ0v) is 11.2. The van der Waals surface area contributed by atoms with E-state index in [9.17, 15) is 8.42 Å². The molecule has 7 nitrogen and oxygen atoms in total. The summed E-state index contributed by atoms with van der Waals surface area (Å²) in [4.78, 5) is 3.88. The van der Waals surface area contributed by atoms with Crippen LogP contribution in [-0.2, 0) is 21.8 Å². The third-order valence-corrected chi connectivity index (χ3v) is 4.77. The van der Waals surface area contributed by atoms with Gasteiger partial charge in [0.15, 0.2) is 5.03 Å². The van der Waals surface area contributed by atoms with Crippen LogP contribution in [0.1, 0.15) is 6.92 Å². The van der Waals surface area contributed by atoms with Crippen molar-refractivity contribution in [2.24, 2.45) is 7.05 Å². The van der Waals surface area contributed by atoms with Gasteiger partial charge < -0.3 is 14.4 Å². The third-order valence-electron chi connectivity index (χ3n) is 2.91. The van der Waals surface area contributed by atoms with E-state index < -0.39 is 16.1 Å². The molecule has 1 N–H and O–H groups in total. The van der Waals surface area contributed by atoms with Crippen molar-refractivity contribution >= 4 is 10.0 Å². The van der Waals surface area contributed by atoms with Crippen molar-refractivity contribution in [2.45, 2.75) is 24.1 Å². The first-order chi connectivity index (χ1) is 8.45. The number of aromatic nitrogens is 2. The number of hydrogen-bond donors (Lipinski definition) is 1. The molecule has 2 unspecified atom stereocenters. The summed E-state index contributed by atoms with van der Waals surface area (Å²) in [5, 5.41) is 9.09. The summed E-state index contributed by atoms with van der Waals surface area (Å²) in [6.45, 7) is 2.00. The Bertz CT molecular complexity index is 513. The molecule has 1 aliphatic heterocycles. The first-order valence-corrected chi connectivity index (χ1v) is 7.11. The number of sulfonamides is 1. The minimum Gasteiger partial charge on any atom is -0.394 e. The second kappa shape index (κ2) is 4.96. The highest BCUT2D eigenvalue weighted by molar-refractivity contribution is 7.89. The number of rotatable bonds is 3. The molecule has 18 heavy (non-hydrogen) atoms. The predicted octanol–water partition coefficient (Wildman–Crippen LogP) is -0.810. The Hall–Kier alpha value is -0.960. The zero-order chi connectivity index (χ0) is 13.3. The van der Waals surface area contributed by atoms with Crippen LogP contribution in [0.15, 0.2) is 17.6 Å². The van der Waals surface area contributed by atoms with Crippen LogP contribution >= 0.6 is 0 Å². The number of aryl methyl sites for hydroxylation is 1. The maximum absolute atomic E-state index is 12.4. The Morgan fingerprint density at radius 2 is 2.33 bits per heavy atom. The molecular formula is C10H17N3O4S. The van der Waals surface area contributed by atoms with Crippen molar-refractivity contribution in [1.29, 1.82) is 0 Å². The van der Waals surface area contributed by atoms with E-state index in [1.54, 1.807) is 18.5 Å². The molecule has 1 fully saturated rings. The van der Waals surface area contributed by atoms with Gasteiger partial charge in [-0.1, -0.05) is 0 Å². The highest BCUT2D eigenvalue weighted by Gasteiger charge is 2.36. The highest BCUT2D eigenvalue weighted by atomic mass is 32.2. The summed E-state index contributed by atoms with van der Waals surface area (Å²) in [6, 6.07) is -0.264.